The maximum Gasteiger partial charge on any atom is 0.204 e. The summed E-state index contributed by atoms with van der Waals surface area (Å²) in [6.07, 6.45) is 4.35. The molecular weight excluding hydrogens is 216 g/mol. The lowest BCUT2D eigenvalue weighted by atomic mass is 9.74. The molecule has 0 spiro atoms. The van der Waals surface area contributed by atoms with Gasteiger partial charge in [0.2, 0.25) is 9.04 Å². The van der Waals surface area contributed by atoms with Crippen LogP contribution in [0.4, 0.5) is 0 Å². The highest BCUT2D eigenvalue weighted by Gasteiger charge is 2.35. The Kier molecular flexibility index (Phi) is 6.01. The molecule has 1 saturated carbocycles. The van der Waals surface area contributed by atoms with Gasteiger partial charge in [-0.3, -0.25) is 0 Å². The van der Waals surface area contributed by atoms with Gasteiger partial charge in [0.15, 0.2) is 0 Å². The fourth-order valence-electron chi connectivity index (χ4n) is 2.83. The van der Waals surface area contributed by atoms with E-state index in [9.17, 15) is 0 Å². The quantitative estimate of drug-likeness (QED) is 0.690. The minimum atomic E-state index is -0.557. The molecule has 3 atom stereocenters. The highest BCUT2D eigenvalue weighted by atomic mass is 28.3. The Morgan fingerprint density at radius 2 is 1.94 bits per heavy atom. The second kappa shape index (κ2) is 6.77. The molecule has 3 heteroatoms. The minimum absolute atomic E-state index is 0.412. The third-order valence-electron chi connectivity index (χ3n) is 3.71. The smallest absolute Gasteiger partial charge is 0.204 e. The molecule has 1 aliphatic carbocycles. The molecule has 0 heterocycles. The lowest BCUT2D eigenvalue weighted by Crippen LogP contribution is -2.40. The van der Waals surface area contributed by atoms with Gasteiger partial charge in [-0.25, -0.2) is 0 Å². The number of rotatable bonds is 5. The second-order valence-corrected chi connectivity index (χ2v) is 7.62. The van der Waals surface area contributed by atoms with Crippen molar-refractivity contribution in [2.75, 3.05) is 13.7 Å². The fraction of sp³-hybridized carbons (Fsp3) is 1.00. The van der Waals surface area contributed by atoms with E-state index >= 15 is 0 Å². The number of methoxy groups -OCH3 is 1. The van der Waals surface area contributed by atoms with Crippen LogP contribution in [0.1, 0.15) is 33.1 Å². The van der Waals surface area contributed by atoms with Gasteiger partial charge in [-0.1, -0.05) is 20.3 Å². The topological polar surface area (TPSA) is 18.5 Å². The van der Waals surface area contributed by atoms with Crippen LogP contribution in [-0.4, -0.2) is 28.9 Å². The normalized spacial score (nSPS) is 31.3. The standard InChI is InChI=1S/C13H27O2Si/c1-10(2)12-8-6-7-11(13(12)14-3)9-15-16(4)5/h10-13H,6-9H2,1-5H3. The van der Waals surface area contributed by atoms with Crippen LogP contribution in [0, 0.1) is 17.8 Å². The predicted molar refractivity (Wildman–Crippen MR) is 69.9 cm³/mol. The predicted octanol–water partition coefficient (Wildman–Crippen LogP) is 3.34. The summed E-state index contributed by atoms with van der Waals surface area (Å²) in [7, 11) is 1.31. The first kappa shape index (κ1) is 14.2. The van der Waals surface area contributed by atoms with E-state index in [1.54, 1.807) is 0 Å². The van der Waals surface area contributed by atoms with Crippen molar-refractivity contribution in [3.63, 3.8) is 0 Å². The first-order valence-electron chi connectivity index (χ1n) is 6.52. The van der Waals surface area contributed by atoms with Gasteiger partial charge in [0.25, 0.3) is 0 Å². The summed E-state index contributed by atoms with van der Waals surface area (Å²) in [6.45, 7) is 9.94. The van der Waals surface area contributed by atoms with Gasteiger partial charge < -0.3 is 9.16 Å². The molecule has 0 amide bonds. The van der Waals surface area contributed by atoms with Gasteiger partial charge in [0.1, 0.15) is 0 Å². The SMILES string of the molecule is COC1C(CO[Si](C)C)CCCC1C(C)C. The third kappa shape index (κ3) is 3.86. The van der Waals surface area contributed by atoms with Gasteiger partial charge in [0.05, 0.1) is 6.10 Å². The Morgan fingerprint density at radius 1 is 1.25 bits per heavy atom. The number of hydrogen-bond donors (Lipinski definition) is 0. The van der Waals surface area contributed by atoms with E-state index in [0.29, 0.717) is 12.0 Å². The molecule has 3 unspecified atom stereocenters. The summed E-state index contributed by atoms with van der Waals surface area (Å²) in [4.78, 5) is 0. The average molecular weight is 243 g/mol. The summed E-state index contributed by atoms with van der Waals surface area (Å²) >= 11 is 0. The van der Waals surface area contributed by atoms with E-state index < -0.39 is 9.04 Å². The maximum absolute atomic E-state index is 5.86. The van der Waals surface area contributed by atoms with Gasteiger partial charge >= 0.3 is 0 Å². The Labute approximate surface area is 102 Å². The van der Waals surface area contributed by atoms with Gasteiger partial charge in [-0.2, -0.15) is 0 Å². The summed E-state index contributed by atoms with van der Waals surface area (Å²) in [5.41, 5.74) is 0. The summed E-state index contributed by atoms with van der Waals surface area (Å²) in [6, 6.07) is 0. The van der Waals surface area contributed by atoms with Crippen molar-refractivity contribution in [3.8, 4) is 0 Å². The van der Waals surface area contributed by atoms with E-state index in [1.165, 1.54) is 19.3 Å². The van der Waals surface area contributed by atoms with Crippen LogP contribution in [0.5, 0.6) is 0 Å². The molecule has 2 nitrogen and oxygen atoms in total. The van der Waals surface area contributed by atoms with Crippen molar-refractivity contribution < 1.29 is 9.16 Å². The summed E-state index contributed by atoms with van der Waals surface area (Å²) in [5, 5.41) is 0. The molecule has 95 valence electrons. The van der Waals surface area contributed by atoms with E-state index in [1.807, 2.05) is 7.11 Å². The summed E-state index contributed by atoms with van der Waals surface area (Å²) < 4.78 is 11.6. The molecule has 16 heavy (non-hydrogen) atoms. The Morgan fingerprint density at radius 3 is 2.44 bits per heavy atom. The van der Waals surface area contributed by atoms with Gasteiger partial charge in [0, 0.05) is 19.6 Å². The van der Waals surface area contributed by atoms with Gasteiger partial charge in [-0.05, 0) is 37.8 Å². The Bertz CT molecular complexity index is 194. The van der Waals surface area contributed by atoms with Crippen molar-refractivity contribution in [3.05, 3.63) is 0 Å². The van der Waals surface area contributed by atoms with Crippen LogP contribution in [0.25, 0.3) is 0 Å². The largest absolute Gasteiger partial charge is 0.417 e. The second-order valence-electron chi connectivity index (χ2n) is 5.52. The summed E-state index contributed by atoms with van der Waals surface area (Å²) in [5.74, 6) is 2.06. The molecule has 0 aliphatic heterocycles. The lowest BCUT2D eigenvalue weighted by Gasteiger charge is -2.39. The molecule has 0 aromatic heterocycles. The van der Waals surface area contributed by atoms with Crippen LogP contribution in [0.3, 0.4) is 0 Å². The van der Waals surface area contributed by atoms with Crippen LogP contribution < -0.4 is 0 Å². The average Bonchev–Trinajstić information content (AvgIpc) is 2.25. The molecule has 0 bridgehead atoms. The van der Waals surface area contributed by atoms with Gasteiger partial charge in [-0.15, -0.1) is 0 Å². The van der Waals surface area contributed by atoms with Crippen LogP contribution in [-0.2, 0) is 9.16 Å². The van der Waals surface area contributed by atoms with E-state index in [2.05, 4.69) is 26.9 Å². The minimum Gasteiger partial charge on any atom is -0.417 e. The van der Waals surface area contributed by atoms with E-state index in [4.69, 9.17) is 9.16 Å². The van der Waals surface area contributed by atoms with Crippen molar-refractivity contribution in [1.29, 1.82) is 0 Å². The molecule has 1 rings (SSSR count). The molecular formula is C13H27O2Si. The molecule has 0 N–H and O–H groups in total. The Balaban J connectivity index is 2.54. The van der Waals surface area contributed by atoms with Crippen molar-refractivity contribution in [2.24, 2.45) is 17.8 Å². The molecule has 0 aromatic rings. The zero-order chi connectivity index (χ0) is 12.1. The first-order valence-corrected chi connectivity index (χ1v) is 8.92. The van der Waals surface area contributed by atoms with Crippen LogP contribution >= 0.6 is 0 Å². The highest BCUT2D eigenvalue weighted by Crippen LogP contribution is 2.36. The van der Waals surface area contributed by atoms with Crippen molar-refractivity contribution in [1.82, 2.24) is 0 Å². The highest BCUT2D eigenvalue weighted by molar-refractivity contribution is 6.48. The zero-order valence-electron chi connectivity index (χ0n) is 11.5. The molecule has 1 aliphatic rings. The molecule has 1 radical (unpaired) electrons. The van der Waals surface area contributed by atoms with E-state index in [-0.39, 0.29) is 0 Å². The maximum atomic E-state index is 5.86. The van der Waals surface area contributed by atoms with Crippen LogP contribution in [0.2, 0.25) is 13.1 Å². The monoisotopic (exact) mass is 243 g/mol. The molecule has 0 saturated heterocycles. The lowest BCUT2D eigenvalue weighted by molar-refractivity contribution is -0.0490. The fourth-order valence-corrected chi connectivity index (χ4v) is 3.37. The third-order valence-corrected chi connectivity index (χ3v) is 4.46. The first-order chi connectivity index (χ1) is 7.56. The van der Waals surface area contributed by atoms with Crippen molar-refractivity contribution in [2.45, 2.75) is 52.3 Å². The van der Waals surface area contributed by atoms with E-state index in [0.717, 1.165) is 18.4 Å². The number of hydrogen-bond acceptors (Lipinski definition) is 2. The molecule has 0 aromatic carbocycles. The number of ether oxygens (including phenoxy) is 1. The van der Waals surface area contributed by atoms with Crippen LogP contribution in [0.15, 0.2) is 0 Å². The van der Waals surface area contributed by atoms with Crippen molar-refractivity contribution >= 4 is 9.04 Å². The Hall–Kier alpha value is 0.137. The molecule has 1 fully saturated rings. The zero-order valence-corrected chi connectivity index (χ0v) is 12.5.